The lowest BCUT2D eigenvalue weighted by Crippen LogP contribution is -2.48. The van der Waals surface area contributed by atoms with Gasteiger partial charge in [0.25, 0.3) is 0 Å². The Morgan fingerprint density at radius 1 is 0.939 bits per heavy atom. The Morgan fingerprint density at radius 3 is 2.24 bits per heavy atom. The van der Waals surface area contributed by atoms with E-state index >= 15 is 0 Å². The minimum Gasteiger partial charge on any atom is -0.466 e. The zero-order valence-corrected chi connectivity index (χ0v) is 20.5. The van der Waals surface area contributed by atoms with E-state index in [-0.39, 0.29) is 25.6 Å². The summed E-state index contributed by atoms with van der Waals surface area (Å²) >= 11 is 0. The molecule has 0 radical (unpaired) electrons. The maximum absolute atomic E-state index is 12.7. The smallest absolute Gasteiger partial charge is 0.320 e. The molecule has 1 aliphatic heterocycles. The molecule has 33 heavy (non-hydrogen) atoms. The molecule has 4 atom stereocenters. The summed E-state index contributed by atoms with van der Waals surface area (Å²) in [6.45, 7) is 9.38. The van der Waals surface area contributed by atoms with Crippen LogP contribution in [0.1, 0.15) is 66.7 Å². The van der Waals surface area contributed by atoms with Gasteiger partial charge in [-0.25, -0.2) is 0 Å². The summed E-state index contributed by atoms with van der Waals surface area (Å²) in [6.07, 6.45) is 1.18. The van der Waals surface area contributed by atoms with Gasteiger partial charge in [-0.1, -0.05) is 13.3 Å². The van der Waals surface area contributed by atoms with Gasteiger partial charge >= 0.3 is 23.9 Å². The average molecular weight is 474 g/mol. The molecule has 1 unspecified atom stereocenters. The summed E-state index contributed by atoms with van der Waals surface area (Å²) < 4.78 is 26.8. The van der Waals surface area contributed by atoms with Crippen LogP contribution in [0.25, 0.3) is 0 Å². The summed E-state index contributed by atoms with van der Waals surface area (Å²) in [4.78, 5) is 49.1. The van der Waals surface area contributed by atoms with Crippen LogP contribution in [0.2, 0.25) is 0 Å². The van der Waals surface area contributed by atoms with Crippen LogP contribution in [-0.2, 0) is 42.9 Å². The summed E-state index contributed by atoms with van der Waals surface area (Å²) in [6, 6.07) is 0.148. The second-order valence-electron chi connectivity index (χ2n) is 8.24. The van der Waals surface area contributed by atoms with E-state index < -0.39 is 42.2 Å². The van der Waals surface area contributed by atoms with Crippen molar-refractivity contribution in [3.8, 4) is 0 Å². The molecule has 0 saturated carbocycles. The molecule has 190 valence electrons. The lowest BCUT2D eigenvalue weighted by molar-refractivity contribution is -0.184. The van der Waals surface area contributed by atoms with Gasteiger partial charge in [0.05, 0.1) is 19.8 Å². The van der Waals surface area contributed by atoms with Crippen LogP contribution in [0, 0.1) is 0 Å². The van der Waals surface area contributed by atoms with Crippen LogP contribution in [0.5, 0.6) is 0 Å². The monoisotopic (exact) mass is 473 g/mol. The molecule has 1 fully saturated rings. The van der Waals surface area contributed by atoms with Crippen LogP contribution in [0.15, 0.2) is 0 Å². The van der Waals surface area contributed by atoms with Crippen LogP contribution in [0.4, 0.5) is 0 Å². The number of esters is 4. The largest absolute Gasteiger partial charge is 0.466 e. The Morgan fingerprint density at radius 2 is 1.64 bits per heavy atom. The number of hydrogen-bond donors (Lipinski definition) is 0. The van der Waals surface area contributed by atoms with Gasteiger partial charge in [0.15, 0.2) is 6.10 Å². The molecule has 0 amide bonds. The van der Waals surface area contributed by atoms with Crippen molar-refractivity contribution < 1.29 is 42.9 Å². The minimum absolute atomic E-state index is 0.0427. The molecule has 0 aromatic rings. The fourth-order valence-corrected chi connectivity index (χ4v) is 3.79. The van der Waals surface area contributed by atoms with E-state index in [1.54, 1.807) is 6.92 Å². The van der Waals surface area contributed by atoms with E-state index in [1.165, 1.54) is 20.8 Å². The highest BCUT2D eigenvalue weighted by molar-refractivity contribution is 5.72. The standard InChI is InChI=1S/C23H39NO9/c1-6-12-29-15-20-9-7-8-11-24(20)14-22(28)31-16(2)23(33-19(5)27)21(32-18(4)26)10-13-30-17(3)25/h16,20-21,23H,6-15H2,1-5H3/t16-,20?,21+,23+/m0/s1. The molecule has 0 aromatic carbocycles. The third-order valence-electron chi connectivity index (χ3n) is 5.21. The van der Waals surface area contributed by atoms with Crippen LogP contribution >= 0.6 is 0 Å². The van der Waals surface area contributed by atoms with E-state index in [4.69, 9.17) is 23.7 Å². The number of hydrogen-bond acceptors (Lipinski definition) is 10. The molecule has 0 aliphatic carbocycles. The van der Waals surface area contributed by atoms with Gasteiger partial charge in [-0.3, -0.25) is 24.1 Å². The first-order valence-corrected chi connectivity index (χ1v) is 11.6. The van der Waals surface area contributed by atoms with Crippen molar-refractivity contribution in [3.63, 3.8) is 0 Å². The SMILES string of the molecule is CCCOCC1CCCCN1CC(=O)O[C@@H](C)[C@@H](OC(C)=O)[C@@H](CCOC(C)=O)OC(C)=O. The van der Waals surface area contributed by atoms with Crippen LogP contribution in [0.3, 0.4) is 0 Å². The number of piperidine rings is 1. The van der Waals surface area contributed by atoms with E-state index in [0.717, 1.165) is 32.2 Å². The number of nitrogens with zero attached hydrogens (tertiary/aromatic N) is 1. The Labute approximate surface area is 196 Å². The number of ether oxygens (including phenoxy) is 5. The topological polar surface area (TPSA) is 118 Å². The first kappa shape index (κ1) is 28.8. The second-order valence-corrected chi connectivity index (χ2v) is 8.24. The number of rotatable bonds is 14. The van der Waals surface area contributed by atoms with Crippen molar-refractivity contribution in [3.05, 3.63) is 0 Å². The number of carbonyl (C=O) groups is 4. The summed E-state index contributed by atoms with van der Waals surface area (Å²) in [5.41, 5.74) is 0. The van der Waals surface area contributed by atoms with Crippen molar-refractivity contribution in [2.45, 2.75) is 91.1 Å². The normalized spacial score (nSPS) is 19.1. The van der Waals surface area contributed by atoms with Gasteiger partial charge in [0.1, 0.15) is 12.2 Å². The van der Waals surface area contributed by atoms with E-state index in [1.807, 2.05) is 6.92 Å². The number of carbonyl (C=O) groups excluding carboxylic acids is 4. The van der Waals surface area contributed by atoms with E-state index in [9.17, 15) is 19.2 Å². The highest BCUT2D eigenvalue weighted by atomic mass is 16.6. The summed E-state index contributed by atoms with van der Waals surface area (Å²) in [5.74, 6) is -2.17. The van der Waals surface area contributed by atoms with Crippen molar-refractivity contribution >= 4 is 23.9 Å². The van der Waals surface area contributed by atoms with Gasteiger partial charge in [0, 0.05) is 39.8 Å². The molecule has 0 bridgehead atoms. The predicted octanol–water partition coefficient (Wildman–Crippen LogP) is 2.02. The maximum Gasteiger partial charge on any atom is 0.320 e. The summed E-state index contributed by atoms with van der Waals surface area (Å²) in [7, 11) is 0. The van der Waals surface area contributed by atoms with Crippen LogP contribution < -0.4 is 0 Å². The molecule has 1 aliphatic rings. The Bertz CT molecular complexity index is 639. The highest BCUT2D eigenvalue weighted by Gasteiger charge is 2.35. The molecular weight excluding hydrogens is 434 g/mol. The van der Waals surface area contributed by atoms with E-state index in [0.29, 0.717) is 13.2 Å². The first-order valence-electron chi connectivity index (χ1n) is 11.6. The fourth-order valence-electron chi connectivity index (χ4n) is 3.79. The maximum atomic E-state index is 12.7. The third-order valence-corrected chi connectivity index (χ3v) is 5.21. The molecule has 0 spiro atoms. The quantitative estimate of drug-likeness (QED) is 0.211. The first-order chi connectivity index (χ1) is 15.6. The molecule has 0 aromatic heterocycles. The zero-order valence-electron chi connectivity index (χ0n) is 20.5. The minimum atomic E-state index is -1.05. The molecule has 10 nitrogen and oxygen atoms in total. The Kier molecular flexibility index (Phi) is 13.6. The Hall–Kier alpha value is -2.20. The third kappa shape index (κ3) is 12.0. The molecule has 0 N–H and O–H groups in total. The van der Waals surface area contributed by atoms with Crippen molar-refractivity contribution in [2.75, 3.05) is 32.9 Å². The molecular formula is C23H39NO9. The Balaban J connectivity index is 2.79. The second kappa shape index (κ2) is 15.6. The van der Waals surface area contributed by atoms with Gasteiger partial charge in [-0.2, -0.15) is 0 Å². The van der Waals surface area contributed by atoms with Crippen molar-refractivity contribution in [1.29, 1.82) is 0 Å². The highest BCUT2D eigenvalue weighted by Crippen LogP contribution is 2.20. The average Bonchev–Trinajstić information content (AvgIpc) is 2.72. The predicted molar refractivity (Wildman–Crippen MR) is 118 cm³/mol. The van der Waals surface area contributed by atoms with E-state index in [2.05, 4.69) is 4.90 Å². The number of likely N-dealkylation sites (tertiary alicyclic amines) is 1. The van der Waals surface area contributed by atoms with Crippen molar-refractivity contribution in [2.24, 2.45) is 0 Å². The van der Waals surface area contributed by atoms with Gasteiger partial charge in [0.2, 0.25) is 0 Å². The van der Waals surface area contributed by atoms with Gasteiger partial charge in [-0.15, -0.1) is 0 Å². The lowest BCUT2D eigenvalue weighted by atomic mass is 10.0. The van der Waals surface area contributed by atoms with Crippen molar-refractivity contribution in [1.82, 2.24) is 4.90 Å². The molecule has 1 saturated heterocycles. The molecule has 1 heterocycles. The van der Waals surface area contributed by atoms with Gasteiger partial charge < -0.3 is 23.7 Å². The fraction of sp³-hybridized carbons (Fsp3) is 0.826. The zero-order chi connectivity index (χ0) is 24.8. The van der Waals surface area contributed by atoms with Crippen LogP contribution in [-0.4, -0.2) is 86.0 Å². The summed E-state index contributed by atoms with van der Waals surface area (Å²) in [5, 5.41) is 0. The molecule has 1 rings (SSSR count). The lowest BCUT2D eigenvalue weighted by Gasteiger charge is -2.35. The molecule has 10 heteroatoms. The van der Waals surface area contributed by atoms with Gasteiger partial charge in [-0.05, 0) is 32.7 Å².